The van der Waals surface area contributed by atoms with E-state index in [-0.39, 0.29) is 0 Å². The zero-order valence-electron chi connectivity index (χ0n) is 11.5. The summed E-state index contributed by atoms with van der Waals surface area (Å²) in [6.45, 7) is 1.86. The quantitative estimate of drug-likeness (QED) is 0.805. The Morgan fingerprint density at radius 1 is 1.24 bits per heavy atom. The number of aryl methyl sites for hydroxylation is 1. The van der Waals surface area contributed by atoms with Gasteiger partial charge in [-0.25, -0.2) is 18.4 Å². The molecule has 3 rings (SSSR count). The Morgan fingerprint density at radius 2 is 2.05 bits per heavy atom. The van der Waals surface area contributed by atoms with Crippen molar-refractivity contribution >= 4 is 37.4 Å². The van der Waals surface area contributed by atoms with E-state index in [1.54, 1.807) is 12.3 Å². The third kappa shape index (κ3) is 3.03. The van der Waals surface area contributed by atoms with E-state index >= 15 is 0 Å². The zero-order chi connectivity index (χ0) is 15.0. The molecule has 2 heterocycles. The second-order valence-corrected chi connectivity index (χ2v) is 7.48. The summed E-state index contributed by atoms with van der Waals surface area (Å²) < 4.78 is 25.1. The molecule has 2 aromatic heterocycles. The minimum atomic E-state index is -3.27. The molecule has 0 amide bonds. The number of benzene rings is 1. The van der Waals surface area contributed by atoms with Crippen LogP contribution in [0, 0.1) is 6.92 Å². The predicted molar refractivity (Wildman–Crippen MR) is 86.1 cm³/mol. The Kier molecular flexibility index (Phi) is 3.38. The van der Waals surface area contributed by atoms with Crippen LogP contribution in [-0.4, -0.2) is 24.6 Å². The van der Waals surface area contributed by atoms with Crippen LogP contribution in [0.4, 0.5) is 5.69 Å². The van der Waals surface area contributed by atoms with E-state index in [0.717, 1.165) is 32.7 Å². The molecule has 0 unspecified atom stereocenters. The number of pyridine rings is 1. The van der Waals surface area contributed by atoms with Gasteiger partial charge in [-0.1, -0.05) is 11.3 Å². The highest BCUT2D eigenvalue weighted by molar-refractivity contribution is 7.92. The molecule has 108 valence electrons. The molecule has 0 aliphatic rings. The van der Waals surface area contributed by atoms with Gasteiger partial charge in [0.15, 0.2) is 0 Å². The molecular formula is C14H13N3O2S2. The van der Waals surface area contributed by atoms with Gasteiger partial charge in [0, 0.05) is 11.8 Å². The lowest BCUT2D eigenvalue weighted by molar-refractivity contribution is 0.607. The standard InChI is InChI=1S/C14H13N3O2S2/c1-9-8-10(5-6-11(9)17-21(2,18)19)13-16-12-4-3-7-15-14(12)20-13/h3-8,17H,1-2H3. The van der Waals surface area contributed by atoms with Crippen molar-refractivity contribution in [3.8, 4) is 10.6 Å². The van der Waals surface area contributed by atoms with Crippen LogP contribution in [-0.2, 0) is 10.0 Å². The predicted octanol–water partition coefficient (Wildman–Crippen LogP) is 3.04. The second-order valence-electron chi connectivity index (χ2n) is 4.75. The molecule has 0 fully saturated rings. The first kappa shape index (κ1) is 14.0. The Morgan fingerprint density at radius 3 is 2.71 bits per heavy atom. The molecule has 0 bridgehead atoms. The van der Waals surface area contributed by atoms with E-state index in [4.69, 9.17) is 0 Å². The van der Waals surface area contributed by atoms with Crippen LogP contribution in [0.5, 0.6) is 0 Å². The molecule has 0 radical (unpaired) electrons. The number of sulfonamides is 1. The number of thiazole rings is 1. The molecule has 0 saturated carbocycles. The van der Waals surface area contributed by atoms with E-state index in [1.807, 2.05) is 31.2 Å². The first-order chi connectivity index (χ1) is 9.92. The van der Waals surface area contributed by atoms with Gasteiger partial charge in [0.1, 0.15) is 15.4 Å². The Labute approximate surface area is 126 Å². The molecule has 3 aromatic rings. The maximum atomic E-state index is 11.3. The van der Waals surface area contributed by atoms with Crippen molar-refractivity contribution < 1.29 is 8.42 Å². The number of aromatic nitrogens is 2. The molecule has 5 nitrogen and oxygen atoms in total. The molecule has 0 saturated heterocycles. The van der Waals surface area contributed by atoms with Gasteiger partial charge >= 0.3 is 0 Å². The summed E-state index contributed by atoms with van der Waals surface area (Å²) in [6.07, 6.45) is 2.88. The smallest absolute Gasteiger partial charge is 0.229 e. The second kappa shape index (κ2) is 5.09. The fraction of sp³-hybridized carbons (Fsp3) is 0.143. The fourth-order valence-corrected chi connectivity index (χ4v) is 3.54. The molecule has 1 aromatic carbocycles. The van der Waals surface area contributed by atoms with E-state index in [2.05, 4.69) is 14.7 Å². The molecule has 1 N–H and O–H groups in total. The van der Waals surface area contributed by atoms with Crippen molar-refractivity contribution in [2.75, 3.05) is 11.0 Å². The van der Waals surface area contributed by atoms with Gasteiger partial charge in [-0.3, -0.25) is 4.72 Å². The van der Waals surface area contributed by atoms with Crippen LogP contribution >= 0.6 is 11.3 Å². The maximum absolute atomic E-state index is 11.3. The van der Waals surface area contributed by atoms with Gasteiger partial charge in [0.25, 0.3) is 0 Å². The number of nitrogens with zero attached hydrogens (tertiary/aromatic N) is 2. The van der Waals surface area contributed by atoms with Gasteiger partial charge in [-0.15, -0.1) is 0 Å². The summed E-state index contributed by atoms with van der Waals surface area (Å²) in [4.78, 5) is 9.72. The monoisotopic (exact) mass is 319 g/mol. The molecule has 0 aliphatic carbocycles. The van der Waals surface area contributed by atoms with Crippen molar-refractivity contribution in [3.05, 3.63) is 42.1 Å². The minimum absolute atomic E-state index is 0.584. The SMILES string of the molecule is Cc1cc(-c2nc3cccnc3s2)ccc1NS(C)(=O)=O. The lowest BCUT2D eigenvalue weighted by Gasteiger charge is -2.08. The van der Waals surface area contributed by atoms with Crippen molar-refractivity contribution in [3.63, 3.8) is 0 Å². The van der Waals surface area contributed by atoms with E-state index < -0.39 is 10.0 Å². The Hall–Kier alpha value is -1.99. The molecule has 0 spiro atoms. The topological polar surface area (TPSA) is 72.0 Å². The highest BCUT2D eigenvalue weighted by atomic mass is 32.2. The molecular weight excluding hydrogens is 306 g/mol. The van der Waals surface area contributed by atoms with Gasteiger partial charge in [0.05, 0.1) is 11.9 Å². The van der Waals surface area contributed by atoms with Crippen molar-refractivity contribution in [1.82, 2.24) is 9.97 Å². The lowest BCUT2D eigenvalue weighted by Crippen LogP contribution is -2.10. The van der Waals surface area contributed by atoms with E-state index in [0.29, 0.717) is 5.69 Å². The number of fused-ring (bicyclic) bond motifs is 1. The summed E-state index contributed by atoms with van der Waals surface area (Å²) in [6, 6.07) is 9.32. The van der Waals surface area contributed by atoms with Crippen molar-refractivity contribution in [2.24, 2.45) is 0 Å². The number of hydrogen-bond acceptors (Lipinski definition) is 5. The molecule has 7 heteroatoms. The fourth-order valence-electron chi connectivity index (χ4n) is 2.00. The van der Waals surface area contributed by atoms with E-state index in [9.17, 15) is 8.42 Å². The van der Waals surface area contributed by atoms with E-state index in [1.165, 1.54) is 11.3 Å². The van der Waals surface area contributed by atoms with Gasteiger partial charge in [0.2, 0.25) is 10.0 Å². The first-order valence-electron chi connectivity index (χ1n) is 6.23. The lowest BCUT2D eigenvalue weighted by atomic mass is 10.1. The normalized spacial score (nSPS) is 11.7. The van der Waals surface area contributed by atoms with Gasteiger partial charge in [-0.2, -0.15) is 0 Å². The summed E-state index contributed by atoms with van der Waals surface area (Å²) >= 11 is 1.52. The average Bonchev–Trinajstić information content (AvgIpc) is 2.83. The van der Waals surface area contributed by atoms with Crippen LogP contribution in [0.25, 0.3) is 20.9 Å². The van der Waals surface area contributed by atoms with Crippen LogP contribution in [0.3, 0.4) is 0 Å². The number of rotatable bonds is 3. The van der Waals surface area contributed by atoms with Crippen molar-refractivity contribution in [2.45, 2.75) is 6.92 Å². The Balaban J connectivity index is 2.01. The third-order valence-corrected chi connectivity index (χ3v) is 4.55. The highest BCUT2D eigenvalue weighted by Crippen LogP contribution is 2.31. The maximum Gasteiger partial charge on any atom is 0.229 e. The van der Waals surface area contributed by atoms with Gasteiger partial charge < -0.3 is 0 Å². The average molecular weight is 319 g/mol. The molecule has 0 aliphatic heterocycles. The minimum Gasteiger partial charge on any atom is -0.284 e. The van der Waals surface area contributed by atoms with Crippen LogP contribution in [0.2, 0.25) is 0 Å². The Bertz CT molecular complexity index is 884. The number of anilines is 1. The summed E-state index contributed by atoms with van der Waals surface area (Å²) in [5.41, 5.74) is 3.26. The molecule has 21 heavy (non-hydrogen) atoms. The van der Waals surface area contributed by atoms with Gasteiger partial charge in [-0.05, 0) is 42.8 Å². The zero-order valence-corrected chi connectivity index (χ0v) is 13.1. The number of nitrogens with one attached hydrogen (secondary N) is 1. The first-order valence-corrected chi connectivity index (χ1v) is 8.93. The van der Waals surface area contributed by atoms with Crippen LogP contribution in [0.15, 0.2) is 36.5 Å². The highest BCUT2D eigenvalue weighted by Gasteiger charge is 2.10. The molecule has 0 atom stereocenters. The largest absolute Gasteiger partial charge is 0.284 e. The third-order valence-electron chi connectivity index (χ3n) is 2.94. The summed E-state index contributed by atoms with van der Waals surface area (Å²) in [7, 11) is -3.27. The van der Waals surface area contributed by atoms with Crippen molar-refractivity contribution in [1.29, 1.82) is 0 Å². The summed E-state index contributed by atoms with van der Waals surface area (Å²) in [5, 5.41) is 0.873. The van der Waals surface area contributed by atoms with Crippen LogP contribution in [0.1, 0.15) is 5.56 Å². The summed E-state index contributed by atoms with van der Waals surface area (Å²) in [5.74, 6) is 0. The number of hydrogen-bond donors (Lipinski definition) is 1. The van der Waals surface area contributed by atoms with Crippen LogP contribution < -0.4 is 4.72 Å².